The molecule has 5 nitrogen and oxygen atoms in total. The molecule has 2 atom stereocenters. The van der Waals surface area contributed by atoms with Crippen LogP contribution in [0, 0.1) is 13.8 Å². The maximum absolute atomic E-state index is 9.25. The molecule has 63 heavy (non-hydrogen) atoms. The second-order valence-electron chi connectivity index (χ2n) is 21.7. The Morgan fingerprint density at radius 1 is 0.762 bits per heavy atom. The van der Waals surface area contributed by atoms with Crippen LogP contribution >= 0.6 is 0 Å². The van der Waals surface area contributed by atoms with Gasteiger partial charge in [0, 0.05) is 36.9 Å². The molecule has 5 heteroatoms. The molecule has 0 amide bonds. The minimum absolute atomic E-state index is 0.00403. The van der Waals surface area contributed by atoms with E-state index in [4.69, 9.17) is 19.5 Å². The number of rotatable bonds is 6. The molecule has 0 bridgehead atoms. The molecule has 324 valence electrons. The second kappa shape index (κ2) is 15.0. The highest BCUT2D eigenvalue weighted by Gasteiger charge is 2.48. The number of ether oxygens (including phenoxy) is 2. The molecule has 2 aliphatic rings. The zero-order valence-corrected chi connectivity index (χ0v) is 39.8. The summed E-state index contributed by atoms with van der Waals surface area (Å²) in [5.74, 6) is 2.14. The SMILES string of the molecule is [2H]C1([2H])C[C@H]2N=C(c3cc(Oc4cc(-n5c6ccc(C(C)(C)C)cc6c6cccnc65)cc(C(C)(C)C)c4)cc(-c4c(C(C)C)cccc4C(C)(C)C)c3)O[C@@]2(C)c2cc(C)cc(C)c21. The lowest BCUT2D eigenvalue weighted by molar-refractivity contribution is 0.0634. The van der Waals surface area contributed by atoms with E-state index in [0.717, 1.165) is 61.2 Å². The summed E-state index contributed by atoms with van der Waals surface area (Å²) in [6.45, 7) is 31.0. The van der Waals surface area contributed by atoms with E-state index in [1.165, 1.54) is 27.6 Å². The van der Waals surface area contributed by atoms with Gasteiger partial charge in [-0.15, -0.1) is 0 Å². The number of aryl methyl sites for hydroxylation is 2. The van der Waals surface area contributed by atoms with E-state index in [1.807, 2.05) is 25.3 Å². The first-order valence-corrected chi connectivity index (χ1v) is 22.8. The van der Waals surface area contributed by atoms with Crippen LogP contribution in [0.4, 0.5) is 0 Å². The minimum Gasteiger partial charge on any atom is -0.464 e. The van der Waals surface area contributed by atoms with Crippen molar-refractivity contribution < 1.29 is 12.2 Å². The molecular formula is C58H65N3O2. The largest absolute Gasteiger partial charge is 0.464 e. The molecule has 0 saturated carbocycles. The van der Waals surface area contributed by atoms with Crippen molar-refractivity contribution in [2.24, 2.45) is 4.99 Å². The number of benzene rings is 5. The molecular weight excluding hydrogens is 771 g/mol. The lowest BCUT2D eigenvalue weighted by Crippen LogP contribution is -2.39. The molecule has 3 heterocycles. The summed E-state index contributed by atoms with van der Waals surface area (Å²) in [5, 5.41) is 2.29. The smallest absolute Gasteiger partial charge is 0.217 e. The number of aromatic nitrogens is 2. The van der Waals surface area contributed by atoms with Crippen LogP contribution < -0.4 is 4.74 Å². The maximum atomic E-state index is 9.25. The van der Waals surface area contributed by atoms with Crippen LogP contribution in [0.3, 0.4) is 0 Å². The van der Waals surface area contributed by atoms with Crippen molar-refractivity contribution in [1.29, 1.82) is 0 Å². The molecule has 0 N–H and O–H groups in total. The highest BCUT2D eigenvalue weighted by molar-refractivity contribution is 6.08. The summed E-state index contributed by atoms with van der Waals surface area (Å²) in [5.41, 5.74) is 13.3. The average molecular weight is 838 g/mol. The number of hydrogen-bond acceptors (Lipinski definition) is 4. The van der Waals surface area contributed by atoms with E-state index in [1.54, 1.807) is 0 Å². The van der Waals surface area contributed by atoms with E-state index in [0.29, 0.717) is 17.4 Å². The summed E-state index contributed by atoms with van der Waals surface area (Å²) < 4.78 is 35.1. The number of hydrogen-bond donors (Lipinski definition) is 0. The van der Waals surface area contributed by atoms with Crippen LogP contribution in [0.5, 0.6) is 11.5 Å². The van der Waals surface area contributed by atoms with Crippen LogP contribution in [0.15, 0.2) is 108 Å². The van der Waals surface area contributed by atoms with Gasteiger partial charge < -0.3 is 9.47 Å². The number of nitrogens with zero attached hydrogens (tertiary/aromatic N) is 3. The molecule has 1 aliphatic carbocycles. The third-order valence-corrected chi connectivity index (χ3v) is 13.3. The van der Waals surface area contributed by atoms with Gasteiger partial charge in [0.15, 0.2) is 5.60 Å². The molecule has 7 aromatic rings. The Morgan fingerprint density at radius 3 is 2.21 bits per heavy atom. The van der Waals surface area contributed by atoms with Gasteiger partial charge in [0.05, 0.1) is 17.2 Å². The Balaban J connectivity index is 1.24. The Morgan fingerprint density at radius 2 is 1.49 bits per heavy atom. The molecule has 5 aromatic carbocycles. The van der Waals surface area contributed by atoms with Gasteiger partial charge in [-0.2, -0.15) is 0 Å². The van der Waals surface area contributed by atoms with Crippen LogP contribution in [-0.2, 0) is 33.0 Å². The second-order valence-corrected chi connectivity index (χ2v) is 21.7. The van der Waals surface area contributed by atoms with Crippen LogP contribution in [-0.4, -0.2) is 21.5 Å². The Hall–Kier alpha value is -5.68. The summed E-state index contributed by atoms with van der Waals surface area (Å²) in [6, 6.07) is 34.4. The fraction of sp³-hybridized carbons (Fsp3) is 0.379. The summed E-state index contributed by atoms with van der Waals surface area (Å²) >= 11 is 0. The topological polar surface area (TPSA) is 48.6 Å². The lowest BCUT2D eigenvalue weighted by atomic mass is 9.75. The zero-order chi connectivity index (χ0) is 46.8. The molecule has 0 saturated heterocycles. The monoisotopic (exact) mass is 838 g/mol. The van der Waals surface area contributed by atoms with Crippen LogP contribution in [0.2, 0.25) is 0 Å². The summed E-state index contributed by atoms with van der Waals surface area (Å²) in [6.07, 6.45) is 0.555. The van der Waals surface area contributed by atoms with Crippen molar-refractivity contribution in [1.82, 2.24) is 9.55 Å². The fourth-order valence-electron chi connectivity index (χ4n) is 9.80. The number of aliphatic imine (C=N–C) groups is 1. The standard InChI is InChI=1S/C58H65N3O2/c1-34(2)44-17-15-19-48(57(11,12)13)52(44)37-27-38(54-60-51-23-21-45-36(4)25-35(3)26-49(45)58(51,14)63-54)29-42(28-37)62-43-31-40(56(8,9)10)30-41(33-43)61-50-22-20-39(55(5,6)7)32-47(50)46-18-16-24-59-53(46)61/h15-20,22,24-34,51H,21,23H2,1-14H3/t51-,58+/m1/s1/i21D2. The van der Waals surface area contributed by atoms with Gasteiger partial charge in [-0.05, 0) is 155 Å². The van der Waals surface area contributed by atoms with Crippen molar-refractivity contribution in [3.63, 3.8) is 0 Å². The van der Waals surface area contributed by atoms with Crippen molar-refractivity contribution in [2.75, 3.05) is 0 Å². The van der Waals surface area contributed by atoms with Gasteiger partial charge in [0.25, 0.3) is 0 Å². The third kappa shape index (κ3) is 7.55. The van der Waals surface area contributed by atoms with Gasteiger partial charge >= 0.3 is 0 Å². The van der Waals surface area contributed by atoms with Crippen molar-refractivity contribution in [2.45, 2.75) is 144 Å². The van der Waals surface area contributed by atoms with Gasteiger partial charge in [-0.3, -0.25) is 4.57 Å². The normalized spacial score (nSPS) is 19.1. The first-order chi connectivity index (χ1) is 30.3. The van der Waals surface area contributed by atoms with Crippen molar-refractivity contribution in [3.8, 4) is 28.3 Å². The highest BCUT2D eigenvalue weighted by atomic mass is 16.5. The number of fused-ring (bicyclic) bond motifs is 6. The lowest BCUT2D eigenvalue weighted by Gasteiger charge is -2.37. The summed E-state index contributed by atoms with van der Waals surface area (Å²) in [4.78, 5) is 10.3. The van der Waals surface area contributed by atoms with Crippen LogP contribution in [0.1, 0.15) is 148 Å². The molecule has 2 aromatic heterocycles. The van der Waals surface area contributed by atoms with E-state index >= 15 is 0 Å². The molecule has 0 unspecified atom stereocenters. The summed E-state index contributed by atoms with van der Waals surface area (Å²) in [7, 11) is 0. The number of pyridine rings is 1. The van der Waals surface area contributed by atoms with Gasteiger partial charge in [-0.25, -0.2) is 9.98 Å². The fourth-order valence-corrected chi connectivity index (χ4v) is 9.80. The maximum Gasteiger partial charge on any atom is 0.217 e. The molecule has 0 radical (unpaired) electrons. The van der Waals surface area contributed by atoms with E-state index in [9.17, 15) is 2.74 Å². The van der Waals surface area contributed by atoms with Crippen LogP contribution in [0.25, 0.3) is 38.8 Å². The minimum atomic E-state index is -1.55. The van der Waals surface area contributed by atoms with Gasteiger partial charge in [0.2, 0.25) is 5.90 Å². The highest BCUT2D eigenvalue weighted by Crippen LogP contribution is 2.48. The predicted octanol–water partition coefficient (Wildman–Crippen LogP) is 15.3. The van der Waals surface area contributed by atoms with E-state index < -0.39 is 18.0 Å². The Labute approximate surface area is 378 Å². The molecule has 0 spiro atoms. The first kappa shape index (κ1) is 40.1. The van der Waals surface area contributed by atoms with E-state index in [2.05, 4.69) is 180 Å². The quantitative estimate of drug-likeness (QED) is 0.168. The Bertz CT molecular complexity index is 3080. The molecule has 0 fully saturated rings. The molecule has 9 rings (SSSR count). The first-order valence-electron chi connectivity index (χ1n) is 23.8. The molecule has 1 aliphatic heterocycles. The van der Waals surface area contributed by atoms with Gasteiger partial charge in [0.1, 0.15) is 17.1 Å². The van der Waals surface area contributed by atoms with Gasteiger partial charge in [-0.1, -0.05) is 118 Å². The average Bonchev–Trinajstić information content (AvgIpc) is 3.73. The predicted molar refractivity (Wildman–Crippen MR) is 264 cm³/mol. The van der Waals surface area contributed by atoms with Crippen molar-refractivity contribution >= 4 is 27.8 Å². The zero-order valence-electron chi connectivity index (χ0n) is 41.8. The Kier molecular flexibility index (Phi) is 9.53. The van der Waals surface area contributed by atoms with E-state index in [-0.39, 0.29) is 28.6 Å². The van der Waals surface area contributed by atoms with Crippen molar-refractivity contribution in [3.05, 3.63) is 153 Å². The third-order valence-electron chi connectivity index (χ3n) is 13.3.